The first-order valence-corrected chi connectivity index (χ1v) is 12.3. The van der Waals surface area contributed by atoms with Gasteiger partial charge in [-0.2, -0.15) is 0 Å². The summed E-state index contributed by atoms with van der Waals surface area (Å²) in [4.78, 5) is 27.9. The fourth-order valence-electron chi connectivity index (χ4n) is 4.06. The van der Waals surface area contributed by atoms with Gasteiger partial charge in [0, 0.05) is 9.77 Å². The van der Waals surface area contributed by atoms with Gasteiger partial charge >= 0.3 is 0 Å². The minimum atomic E-state index is -0.463. The van der Waals surface area contributed by atoms with Crippen molar-refractivity contribution in [3.05, 3.63) is 82.2 Å². The van der Waals surface area contributed by atoms with E-state index >= 15 is 0 Å². The average molecular weight is 451 g/mol. The molecule has 6 heteroatoms. The number of rotatable bonds is 7. The quantitative estimate of drug-likeness (QED) is 0.445. The van der Waals surface area contributed by atoms with Crippen LogP contribution in [0.3, 0.4) is 0 Å². The van der Waals surface area contributed by atoms with E-state index in [-0.39, 0.29) is 5.91 Å². The molecule has 1 heterocycles. The minimum absolute atomic E-state index is 0.145. The molecule has 0 spiro atoms. The van der Waals surface area contributed by atoms with E-state index in [1.807, 2.05) is 60.7 Å². The first-order valence-electron chi connectivity index (χ1n) is 10.6. The van der Waals surface area contributed by atoms with Gasteiger partial charge in [0.15, 0.2) is 0 Å². The summed E-state index contributed by atoms with van der Waals surface area (Å²) in [5.74, 6) is 0.0176. The molecular weight excluding hydrogens is 424 g/mol. The summed E-state index contributed by atoms with van der Waals surface area (Å²) < 4.78 is 0. The van der Waals surface area contributed by atoms with Gasteiger partial charge in [0.1, 0.15) is 10.3 Å². The van der Waals surface area contributed by atoms with Gasteiger partial charge in [-0.05, 0) is 48.4 Å². The Morgan fingerprint density at radius 1 is 1.13 bits per heavy atom. The molecule has 0 saturated heterocycles. The molecule has 1 aliphatic carbocycles. The fraction of sp³-hybridized carbons (Fsp3) is 0.280. The highest BCUT2D eigenvalue weighted by Crippen LogP contribution is 2.42. The van der Waals surface area contributed by atoms with Gasteiger partial charge < -0.3 is 11.1 Å². The van der Waals surface area contributed by atoms with E-state index in [1.54, 1.807) is 0 Å². The van der Waals surface area contributed by atoms with E-state index < -0.39 is 11.2 Å². The van der Waals surface area contributed by atoms with Crippen LogP contribution < -0.4 is 11.1 Å². The van der Waals surface area contributed by atoms with Crippen molar-refractivity contribution in [3.8, 4) is 0 Å². The van der Waals surface area contributed by atoms with Crippen molar-refractivity contribution in [2.24, 2.45) is 11.7 Å². The third-order valence-corrected chi connectivity index (χ3v) is 8.20. The lowest BCUT2D eigenvalue weighted by Crippen LogP contribution is -2.22. The number of thioether (sulfide) groups is 1. The summed E-state index contributed by atoms with van der Waals surface area (Å²) in [5, 5.41) is 3.21. The Hall–Kier alpha value is -2.57. The van der Waals surface area contributed by atoms with Crippen LogP contribution in [0.2, 0.25) is 0 Å². The van der Waals surface area contributed by atoms with Crippen LogP contribution in [0.15, 0.2) is 65.6 Å². The molecule has 0 fully saturated rings. The Balaban J connectivity index is 1.64. The fourth-order valence-corrected chi connectivity index (χ4v) is 6.48. The van der Waals surface area contributed by atoms with Crippen molar-refractivity contribution in [1.82, 2.24) is 0 Å². The average Bonchev–Trinajstić information content (AvgIpc) is 3.15. The summed E-state index contributed by atoms with van der Waals surface area (Å²) in [6.45, 7) is 2.20. The molecule has 0 bridgehead atoms. The lowest BCUT2D eigenvalue weighted by atomic mass is 9.85. The number of amides is 2. The number of nitrogens with two attached hydrogens (primary N) is 1. The minimum Gasteiger partial charge on any atom is -0.365 e. The summed E-state index contributed by atoms with van der Waals surface area (Å²) >= 11 is 3.01. The number of hydrogen-bond donors (Lipinski definition) is 2. The lowest BCUT2D eigenvalue weighted by molar-refractivity contribution is -0.115. The predicted octanol–water partition coefficient (Wildman–Crippen LogP) is 5.83. The second kappa shape index (κ2) is 9.71. The van der Waals surface area contributed by atoms with Gasteiger partial charge in [-0.25, -0.2) is 0 Å². The summed E-state index contributed by atoms with van der Waals surface area (Å²) in [5.41, 5.74) is 8.20. The van der Waals surface area contributed by atoms with Crippen LogP contribution in [0, 0.1) is 5.92 Å². The number of primary amides is 1. The van der Waals surface area contributed by atoms with Crippen molar-refractivity contribution in [2.45, 2.75) is 42.8 Å². The molecule has 0 radical (unpaired) electrons. The van der Waals surface area contributed by atoms with Gasteiger partial charge in [0.2, 0.25) is 5.91 Å². The van der Waals surface area contributed by atoms with Crippen molar-refractivity contribution < 1.29 is 9.59 Å². The molecule has 2 amide bonds. The second-order valence-corrected chi connectivity index (χ2v) is 10.1. The molecule has 1 aromatic heterocycles. The number of carbonyl (C=O) groups excluding carboxylic acids is 2. The number of anilines is 1. The predicted molar refractivity (Wildman–Crippen MR) is 129 cm³/mol. The maximum absolute atomic E-state index is 13.4. The van der Waals surface area contributed by atoms with Crippen LogP contribution in [0.4, 0.5) is 5.00 Å². The monoisotopic (exact) mass is 450 g/mol. The van der Waals surface area contributed by atoms with Crippen LogP contribution in [-0.4, -0.2) is 11.8 Å². The number of benzene rings is 2. The van der Waals surface area contributed by atoms with E-state index in [0.717, 1.165) is 41.7 Å². The van der Waals surface area contributed by atoms with Crippen LogP contribution in [0.1, 0.15) is 51.4 Å². The molecule has 160 valence electrons. The lowest BCUT2D eigenvalue weighted by Gasteiger charge is -2.20. The van der Waals surface area contributed by atoms with Crippen LogP contribution in [0.25, 0.3) is 0 Å². The molecule has 4 nitrogen and oxygen atoms in total. The molecule has 0 aliphatic heterocycles. The number of fused-ring (bicyclic) bond motifs is 1. The number of hydrogen-bond acceptors (Lipinski definition) is 4. The van der Waals surface area contributed by atoms with Crippen LogP contribution in [-0.2, 0) is 17.6 Å². The van der Waals surface area contributed by atoms with Crippen molar-refractivity contribution in [2.75, 3.05) is 5.32 Å². The Kier molecular flexibility index (Phi) is 6.78. The van der Waals surface area contributed by atoms with E-state index in [0.29, 0.717) is 16.5 Å². The zero-order valence-electron chi connectivity index (χ0n) is 17.5. The zero-order chi connectivity index (χ0) is 21.8. The highest BCUT2D eigenvalue weighted by atomic mass is 32.2. The topological polar surface area (TPSA) is 72.2 Å². The van der Waals surface area contributed by atoms with Gasteiger partial charge in [-0.1, -0.05) is 61.9 Å². The maximum Gasteiger partial charge on any atom is 0.251 e. The molecule has 31 heavy (non-hydrogen) atoms. The van der Waals surface area contributed by atoms with E-state index in [1.165, 1.54) is 28.0 Å². The first-order chi connectivity index (χ1) is 15.1. The molecule has 0 saturated carbocycles. The third kappa shape index (κ3) is 4.86. The van der Waals surface area contributed by atoms with Crippen LogP contribution >= 0.6 is 23.1 Å². The number of carbonyl (C=O) groups is 2. The molecule has 3 N–H and O–H groups in total. The van der Waals surface area contributed by atoms with E-state index in [9.17, 15) is 9.59 Å². The molecule has 2 unspecified atom stereocenters. The highest BCUT2D eigenvalue weighted by Gasteiger charge is 2.30. The molecular formula is C25H26N2O2S2. The molecule has 1 aliphatic rings. The standard InChI is InChI=1S/C25H26N2O2S2/c1-2-16-13-14-19-20(15-16)31-25(21(19)23(26)28)27-24(29)22(17-9-5-3-6-10-17)30-18-11-7-4-8-12-18/h3-12,16,22H,2,13-15H2,1H3,(H2,26,28)(H,27,29). The zero-order valence-corrected chi connectivity index (χ0v) is 19.1. The largest absolute Gasteiger partial charge is 0.365 e. The molecule has 2 atom stereocenters. The number of nitrogens with one attached hydrogen (secondary N) is 1. The first kappa shape index (κ1) is 21.7. The Labute approximate surface area is 191 Å². The Morgan fingerprint density at radius 2 is 1.81 bits per heavy atom. The molecule has 4 rings (SSSR count). The van der Waals surface area contributed by atoms with Crippen molar-refractivity contribution >= 4 is 39.9 Å². The summed E-state index contributed by atoms with van der Waals surface area (Å²) in [7, 11) is 0. The molecule has 2 aromatic carbocycles. The van der Waals surface area contributed by atoms with Crippen molar-refractivity contribution in [1.29, 1.82) is 0 Å². The summed E-state index contributed by atoms with van der Waals surface area (Å²) in [6, 6.07) is 19.6. The third-order valence-electron chi connectivity index (χ3n) is 5.77. The van der Waals surface area contributed by atoms with Gasteiger partial charge in [0.05, 0.1) is 5.56 Å². The maximum atomic E-state index is 13.4. The van der Waals surface area contributed by atoms with E-state index in [4.69, 9.17) is 5.73 Å². The highest BCUT2D eigenvalue weighted by molar-refractivity contribution is 8.00. The SMILES string of the molecule is CCC1CCc2c(sc(NC(=O)C(Sc3ccccc3)c3ccccc3)c2C(N)=O)C1. The smallest absolute Gasteiger partial charge is 0.251 e. The molecule has 3 aromatic rings. The Morgan fingerprint density at radius 3 is 2.45 bits per heavy atom. The normalized spacial score (nSPS) is 16.4. The summed E-state index contributed by atoms with van der Waals surface area (Å²) in [6.07, 6.45) is 3.98. The van der Waals surface area contributed by atoms with Crippen molar-refractivity contribution in [3.63, 3.8) is 0 Å². The second-order valence-electron chi connectivity index (χ2n) is 7.80. The van der Waals surface area contributed by atoms with Gasteiger partial charge in [-0.3, -0.25) is 9.59 Å². The Bertz CT molecular complexity index is 1060. The van der Waals surface area contributed by atoms with E-state index in [2.05, 4.69) is 12.2 Å². The van der Waals surface area contributed by atoms with Gasteiger partial charge in [0.25, 0.3) is 5.91 Å². The van der Waals surface area contributed by atoms with Gasteiger partial charge in [-0.15, -0.1) is 23.1 Å². The number of thiophene rings is 1. The van der Waals surface area contributed by atoms with Crippen LogP contribution in [0.5, 0.6) is 0 Å².